The van der Waals surface area contributed by atoms with Crippen LogP contribution < -0.4 is 14.4 Å². The van der Waals surface area contributed by atoms with Crippen molar-refractivity contribution in [3.63, 3.8) is 0 Å². The first kappa shape index (κ1) is 27.5. The topological polar surface area (TPSA) is 54.7 Å². The van der Waals surface area contributed by atoms with Gasteiger partial charge in [-0.25, -0.2) is 0 Å². The fraction of sp³-hybridized carbons (Fsp3) is 0.225. The van der Waals surface area contributed by atoms with Crippen LogP contribution in [0.4, 0.5) is 5.69 Å². The molecule has 0 amide bonds. The number of ether oxygens (including phenoxy) is 3. The van der Waals surface area contributed by atoms with Gasteiger partial charge in [0.2, 0.25) is 0 Å². The number of benzene rings is 5. The molecule has 5 heteroatoms. The SMILES string of the molecule is COc1ccc2c3c(c4c(c2c1)OC(c1ccccc1)(c1ccc(N2CCOCC2)cc1)C=C4)C(C)(C)c1cc(C#N)ccc1-3. The Morgan fingerprint density at radius 1 is 0.844 bits per heavy atom. The largest absolute Gasteiger partial charge is 0.497 e. The first-order valence-corrected chi connectivity index (χ1v) is 15.5. The van der Waals surface area contributed by atoms with Crippen LogP contribution in [0, 0.1) is 11.3 Å². The Balaban J connectivity index is 1.37. The standard InChI is InChI=1S/C40H34N2O3/c1-39(2)35-23-26(25-41)9-15-32(35)36-31-16-14-30(43-3)24-34(31)38-33(37(36)39)17-18-40(45-38,27-7-5-4-6-8-27)28-10-12-29(13-11-28)42-19-21-44-22-20-42/h4-18,23-24H,19-22H2,1-3H3. The van der Waals surface area contributed by atoms with Gasteiger partial charge in [-0.15, -0.1) is 0 Å². The summed E-state index contributed by atoms with van der Waals surface area (Å²) >= 11 is 0. The van der Waals surface area contributed by atoms with E-state index >= 15 is 0 Å². The van der Waals surface area contributed by atoms with E-state index in [1.807, 2.05) is 18.2 Å². The minimum atomic E-state index is -0.842. The first-order chi connectivity index (χ1) is 21.9. The lowest BCUT2D eigenvalue weighted by Crippen LogP contribution is -2.37. The Labute approximate surface area is 263 Å². The smallest absolute Gasteiger partial charge is 0.178 e. The van der Waals surface area contributed by atoms with Gasteiger partial charge in [-0.1, -0.05) is 68.5 Å². The minimum Gasteiger partial charge on any atom is -0.497 e. The monoisotopic (exact) mass is 590 g/mol. The number of rotatable bonds is 4. The molecule has 2 aliphatic heterocycles. The fourth-order valence-corrected chi connectivity index (χ4v) is 7.57. The van der Waals surface area contributed by atoms with Gasteiger partial charge in [-0.05, 0) is 76.2 Å². The molecule has 0 aromatic heterocycles. The van der Waals surface area contributed by atoms with Gasteiger partial charge in [0.05, 0.1) is 32.0 Å². The molecule has 2 heterocycles. The third-order valence-electron chi connectivity index (χ3n) is 9.84. The molecule has 5 aromatic rings. The predicted octanol–water partition coefficient (Wildman–Crippen LogP) is 8.21. The molecule has 1 aliphatic carbocycles. The molecule has 3 aliphatic rings. The Morgan fingerprint density at radius 2 is 1.60 bits per heavy atom. The maximum absolute atomic E-state index is 9.74. The number of methoxy groups -OCH3 is 1. The van der Waals surface area contributed by atoms with E-state index in [-0.39, 0.29) is 5.41 Å². The van der Waals surface area contributed by atoms with Gasteiger partial charge < -0.3 is 19.1 Å². The van der Waals surface area contributed by atoms with Crippen molar-refractivity contribution in [3.8, 4) is 28.7 Å². The molecule has 0 N–H and O–H groups in total. The highest BCUT2D eigenvalue weighted by Gasteiger charge is 2.44. The Bertz CT molecular complexity index is 2030. The number of morpholine rings is 1. The first-order valence-electron chi connectivity index (χ1n) is 15.5. The fourth-order valence-electron chi connectivity index (χ4n) is 7.57. The van der Waals surface area contributed by atoms with E-state index in [1.54, 1.807) is 7.11 Å². The summed E-state index contributed by atoms with van der Waals surface area (Å²) in [7, 11) is 1.70. The molecule has 1 fully saturated rings. The van der Waals surface area contributed by atoms with Gasteiger partial charge in [0, 0.05) is 46.3 Å². The Kier molecular flexibility index (Phi) is 6.27. The molecule has 1 unspecified atom stereocenters. The summed E-state index contributed by atoms with van der Waals surface area (Å²) in [6.07, 6.45) is 4.48. The normalized spacial score (nSPS) is 19.3. The van der Waals surface area contributed by atoms with Gasteiger partial charge in [-0.2, -0.15) is 5.26 Å². The molecule has 0 radical (unpaired) electrons. The van der Waals surface area contributed by atoms with Crippen molar-refractivity contribution >= 4 is 22.5 Å². The lowest BCUT2D eigenvalue weighted by atomic mass is 9.76. The molecule has 0 saturated carbocycles. The number of anilines is 1. The maximum atomic E-state index is 9.74. The van der Waals surface area contributed by atoms with Crippen LogP contribution in [0.1, 0.15) is 47.2 Å². The highest BCUT2D eigenvalue weighted by molar-refractivity contribution is 6.09. The second-order valence-corrected chi connectivity index (χ2v) is 12.6. The Hall–Kier alpha value is -5.05. The molecule has 5 aromatic carbocycles. The minimum absolute atomic E-state index is 0.337. The van der Waals surface area contributed by atoms with E-state index in [1.165, 1.54) is 22.4 Å². The summed E-state index contributed by atoms with van der Waals surface area (Å²) in [5, 5.41) is 11.9. The maximum Gasteiger partial charge on any atom is 0.178 e. The lowest BCUT2D eigenvalue weighted by molar-refractivity contribution is 0.122. The third kappa shape index (κ3) is 4.10. The van der Waals surface area contributed by atoms with E-state index in [2.05, 4.69) is 110 Å². The van der Waals surface area contributed by atoms with Crippen LogP contribution in [-0.2, 0) is 15.8 Å². The van der Waals surface area contributed by atoms with Gasteiger partial charge >= 0.3 is 0 Å². The molecule has 0 bridgehead atoms. The van der Waals surface area contributed by atoms with E-state index < -0.39 is 5.60 Å². The van der Waals surface area contributed by atoms with Gasteiger partial charge in [0.1, 0.15) is 11.5 Å². The summed E-state index contributed by atoms with van der Waals surface area (Å²) in [5.41, 5.74) is 8.62. The van der Waals surface area contributed by atoms with Crippen molar-refractivity contribution < 1.29 is 14.2 Å². The number of hydrogen-bond donors (Lipinski definition) is 0. The van der Waals surface area contributed by atoms with Crippen LogP contribution in [0.25, 0.3) is 28.0 Å². The molecule has 5 nitrogen and oxygen atoms in total. The third-order valence-corrected chi connectivity index (χ3v) is 9.84. The van der Waals surface area contributed by atoms with E-state index in [9.17, 15) is 5.26 Å². The summed E-state index contributed by atoms with van der Waals surface area (Å²) in [6.45, 7) is 7.78. The quantitative estimate of drug-likeness (QED) is 0.211. The number of nitriles is 1. The van der Waals surface area contributed by atoms with Crippen LogP contribution in [0.2, 0.25) is 0 Å². The molecular weight excluding hydrogens is 556 g/mol. The average molecular weight is 591 g/mol. The molecular formula is C40H34N2O3. The van der Waals surface area contributed by atoms with E-state index in [0.717, 1.165) is 70.8 Å². The number of hydrogen-bond acceptors (Lipinski definition) is 5. The van der Waals surface area contributed by atoms with Crippen molar-refractivity contribution in [3.05, 3.63) is 130 Å². The van der Waals surface area contributed by atoms with Crippen LogP contribution in [0.3, 0.4) is 0 Å². The van der Waals surface area contributed by atoms with Crippen LogP contribution in [-0.4, -0.2) is 33.4 Å². The number of fused-ring (bicyclic) bond motifs is 8. The van der Waals surface area contributed by atoms with Crippen LogP contribution in [0.5, 0.6) is 11.5 Å². The predicted molar refractivity (Wildman–Crippen MR) is 179 cm³/mol. The van der Waals surface area contributed by atoms with Crippen molar-refractivity contribution in [1.29, 1.82) is 5.26 Å². The molecule has 0 spiro atoms. The molecule has 45 heavy (non-hydrogen) atoms. The van der Waals surface area contributed by atoms with Gasteiger partial charge in [-0.3, -0.25) is 0 Å². The van der Waals surface area contributed by atoms with Gasteiger partial charge in [0.15, 0.2) is 5.60 Å². The highest BCUT2D eigenvalue weighted by atomic mass is 16.5. The molecule has 222 valence electrons. The zero-order valence-electron chi connectivity index (χ0n) is 25.8. The second kappa shape index (κ2) is 10.3. The summed E-state index contributed by atoms with van der Waals surface area (Å²) in [4.78, 5) is 2.37. The van der Waals surface area contributed by atoms with Crippen LogP contribution in [0.15, 0.2) is 97.1 Å². The lowest BCUT2D eigenvalue weighted by Gasteiger charge is -2.38. The number of nitrogens with zero attached hydrogens (tertiary/aromatic N) is 2. The summed E-state index contributed by atoms with van der Waals surface area (Å²) < 4.78 is 18.7. The second-order valence-electron chi connectivity index (χ2n) is 12.6. The van der Waals surface area contributed by atoms with Crippen molar-refractivity contribution in [2.75, 3.05) is 38.3 Å². The molecule has 1 saturated heterocycles. The van der Waals surface area contributed by atoms with Crippen molar-refractivity contribution in [1.82, 2.24) is 0 Å². The summed E-state index contributed by atoms with van der Waals surface area (Å²) in [6, 6.07) is 34.0. The zero-order chi connectivity index (χ0) is 30.8. The van der Waals surface area contributed by atoms with E-state index in [4.69, 9.17) is 14.2 Å². The van der Waals surface area contributed by atoms with Crippen molar-refractivity contribution in [2.24, 2.45) is 0 Å². The molecule has 1 atom stereocenters. The highest BCUT2D eigenvalue weighted by Crippen LogP contribution is 2.58. The van der Waals surface area contributed by atoms with Crippen LogP contribution >= 0.6 is 0 Å². The van der Waals surface area contributed by atoms with E-state index in [0.29, 0.717) is 5.56 Å². The average Bonchev–Trinajstić information content (AvgIpc) is 3.34. The van der Waals surface area contributed by atoms with Gasteiger partial charge in [0.25, 0.3) is 0 Å². The molecule has 8 rings (SSSR count). The summed E-state index contributed by atoms with van der Waals surface area (Å²) in [5.74, 6) is 1.62. The van der Waals surface area contributed by atoms with Crippen molar-refractivity contribution in [2.45, 2.75) is 24.9 Å². The zero-order valence-corrected chi connectivity index (χ0v) is 25.8. The Morgan fingerprint density at radius 3 is 2.33 bits per heavy atom.